The highest BCUT2D eigenvalue weighted by atomic mass is 16.2. The van der Waals surface area contributed by atoms with Gasteiger partial charge in [0, 0.05) is 18.1 Å². The third kappa shape index (κ3) is 3.61. The SMILES string of the molecule is Cc1ccc(NC(=O)c2c[nH]c(=O)n(Cc3ccccn3)c2=O)cc1C. The van der Waals surface area contributed by atoms with E-state index in [0.29, 0.717) is 11.4 Å². The van der Waals surface area contributed by atoms with Crippen molar-refractivity contribution in [1.82, 2.24) is 14.5 Å². The van der Waals surface area contributed by atoms with Gasteiger partial charge in [-0.05, 0) is 49.2 Å². The van der Waals surface area contributed by atoms with Crippen LogP contribution in [0.1, 0.15) is 27.2 Å². The number of benzene rings is 1. The Morgan fingerprint density at radius 3 is 2.65 bits per heavy atom. The maximum atomic E-state index is 12.6. The summed E-state index contributed by atoms with van der Waals surface area (Å²) in [5.41, 5.74) is 1.86. The predicted octanol–water partition coefficient (Wildman–Crippen LogP) is 1.85. The number of hydrogen-bond acceptors (Lipinski definition) is 4. The standard InChI is InChI=1S/C19H18N4O3/c1-12-6-7-14(9-13(12)2)22-17(24)16-10-21-19(26)23(18(16)25)11-15-5-3-4-8-20-15/h3-10H,11H2,1-2H3,(H,21,26)(H,22,24). The summed E-state index contributed by atoms with van der Waals surface area (Å²) in [4.78, 5) is 43.6. The van der Waals surface area contributed by atoms with Crippen molar-refractivity contribution in [1.29, 1.82) is 0 Å². The number of aryl methyl sites for hydroxylation is 2. The van der Waals surface area contributed by atoms with Crippen LogP contribution in [0.4, 0.5) is 5.69 Å². The van der Waals surface area contributed by atoms with Gasteiger partial charge in [-0.2, -0.15) is 0 Å². The third-order valence-corrected chi connectivity index (χ3v) is 4.12. The van der Waals surface area contributed by atoms with Crippen molar-refractivity contribution in [3.63, 3.8) is 0 Å². The van der Waals surface area contributed by atoms with Crippen molar-refractivity contribution in [2.45, 2.75) is 20.4 Å². The fourth-order valence-electron chi connectivity index (χ4n) is 2.49. The van der Waals surface area contributed by atoms with Gasteiger partial charge in [0.25, 0.3) is 11.5 Å². The largest absolute Gasteiger partial charge is 0.328 e. The molecular weight excluding hydrogens is 332 g/mol. The maximum Gasteiger partial charge on any atom is 0.328 e. The molecule has 2 aromatic heterocycles. The van der Waals surface area contributed by atoms with Gasteiger partial charge < -0.3 is 10.3 Å². The number of carbonyl (C=O) groups excluding carboxylic acids is 1. The fraction of sp³-hybridized carbons (Fsp3) is 0.158. The summed E-state index contributed by atoms with van der Waals surface area (Å²) in [6, 6.07) is 10.7. The number of nitrogens with zero attached hydrogens (tertiary/aromatic N) is 2. The van der Waals surface area contributed by atoms with E-state index in [9.17, 15) is 14.4 Å². The average Bonchev–Trinajstić information content (AvgIpc) is 2.62. The van der Waals surface area contributed by atoms with Gasteiger partial charge in [-0.3, -0.25) is 19.1 Å². The second kappa shape index (κ2) is 7.18. The van der Waals surface area contributed by atoms with Crippen molar-refractivity contribution in [2.75, 3.05) is 5.32 Å². The molecule has 0 saturated heterocycles. The number of amides is 1. The van der Waals surface area contributed by atoms with Crippen molar-refractivity contribution < 1.29 is 4.79 Å². The topological polar surface area (TPSA) is 96.8 Å². The van der Waals surface area contributed by atoms with Crippen LogP contribution in [-0.2, 0) is 6.54 Å². The monoisotopic (exact) mass is 350 g/mol. The highest BCUT2D eigenvalue weighted by Crippen LogP contribution is 2.14. The molecule has 3 rings (SSSR count). The highest BCUT2D eigenvalue weighted by molar-refractivity contribution is 6.03. The highest BCUT2D eigenvalue weighted by Gasteiger charge is 2.15. The first-order chi connectivity index (χ1) is 12.5. The molecule has 7 heteroatoms. The summed E-state index contributed by atoms with van der Waals surface area (Å²) in [5.74, 6) is -0.579. The van der Waals surface area contributed by atoms with Gasteiger partial charge in [0.2, 0.25) is 0 Å². The quantitative estimate of drug-likeness (QED) is 0.750. The first-order valence-electron chi connectivity index (χ1n) is 8.07. The Morgan fingerprint density at radius 1 is 1.15 bits per heavy atom. The molecule has 1 amide bonds. The van der Waals surface area contributed by atoms with Crippen molar-refractivity contribution in [3.05, 3.63) is 92.0 Å². The van der Waals surface area contributed by atoms with E-state index in [4.69, 9.17) is 0 Å². The van der Waals surface area contributed by atoms with Crippen LogP contribution < -0.4 is 16.6 Å². The van der Waals surface area contributed by atoms with Crippen LogP contribution in [0.2, 0.25) is 0 Å². The smallest absolute Gasteiger partial charge is 0.322 e. The Bertz CT molecular complexity index is 1070. The average molecular weight is 350 g/mol. The summed E-state index contributed by atoms with van der Waals surface area (Å²) in [6.45, 7) is 3.89. The lowest BCUT2D eigenvalue weighted by atomic mass is 10.1. The molecule has 0 spiro atoms. The Balaban J connectivity index is 1.91. The normalized spacial score (nSPS) is 10.5. The number of nitrogens with one attached hydrogen (secondary N) is 2. The van der Waals surface area contributed by atoms with Crippen LogP contribution in [0.3, 0.4) is 0 Å². The van der Waals surface area contributed by atoms with Gasteiger partial charge in [-0.15, -0.1) is 0 Å². The molecule has 1 aromatic carbocycles. The first kappa shape index (κ1) is 17.3. The molecule has 0 aliphatic rings. The number of pyridine rings is 1. The molecule has 0 bridgehead atoms. The maximum absolute atomic E-state index is 12.6. The summed E-state index contributed by atoms with van der Waals surface area (Å²) in [6.07, 6.45) is 2.71. The minimum atomic E-state index is -0.666. The van der Waals surface area contributed by atoms with Gasteiger partial charge in [-0.25, -0.2) is 4.79 Å². The lowest BCUT2D eigenvalue weighted by Gasteiger charge is -2.09. The number of aromatic nitrogens is 3. The van der Waals surface area contributed by atoms with Crippen molar-refractivity contribution in [2.24, 2.45) is 0 Å². The third-order valence-electron chi connectivity index (χ3n) is 4.12. The summed E-state index contributed by atoms with van der Waals surface area (Å²) in [5, 5.41) is 2.69. The molecule has 0 aliphatic carbocycles. The summed E-state index contributed by atoms with van der Waals surface area (Å²) < 4.78 is 0.956. The van der Waals surface area contributed by atoms with Crippen molar-refractivity contribution in [3.8, 4) is 0 Å². The van der Waals surface area contributed by atoms with Crippen LogP contribution in [-0.4, -0.2) is 20.4 Å². The first-order valence-corrected chi connectivity index (χ1v) is 8.07. The zero-order valence-electron chi connectivity index (χ0n) is 14.4. The number of H-pyrrole nitrogens is 1. The molecule has 7 nitrogen and oxygen atoms in total. The van der Waals surface area contributed by atoms with E-state index in [0.717, 1.165) is 21.9 Å². The van der Waals surface area contributed by atoms with Crippen LogP contribution in [0, 0.1) is 13.8 Å². The second-order valence-electron chi connectivity index (χ2n) is 5.97. The summed E-state index contributed by atoms with van der Waals surface area (Å²) >= 11 is 0. The molecular formula is C19H18N4O3. The number of rotatable bonds is 4. The zero-order valence-corrected chi connectivity index (χ0v) is 14.4. The Labute approximate surface area is 149 Å². The lowest BCUT2D eigenvalue weighted by molar-refractivity contribution is 0.102. The molecule has 2 heterocycles. The summed E-state index contributed by atoms with van der Waals surface area (Å²) in [7, 11) is 0. The molecule has 2 N–H and O–H groups in total. The fourth-order valence-corrected chi connectivity index (χ4v) is 2.49. The number of hydrogen-bond donors (Lipinski definition) is 2. The van der Waals surface area contributed by atoms with Gasteiger partial charge >= 0.3 is 5.69 Å². The minimum absolute atomic E-state index is 0.0141. The van der Waals surface area contributed by atoms with Gasteiger partial charge in [0.15, 0.2) is 0 Å². The zero-order chi connectivity index (χ0) is 18.7. The van der Waals surface area contributed by atoms with Crippen LogP contribution in [0.25, 0.3) is 0 Å². The van der Waals surface area contributed by atoms with E-state index in [1.54, 1.807) is 30.5 Å². The Morgan fingerprint density at radius 2 is 1.96 bits per heavy atom. The van der Waals surface area contributed by atoms with Crippen LogP contribution in [0.15, 0.2) is 58.4 Å². The van der Waals surface area contributed by atoms with E-state index in [-0.39, 0.29) is 12.1 Å². The van der Waals surface area contributed by atoms with E-state index < -0.39 is 17.2 Å². The molecule has 26 heavy (non-hydrogen) atoms. The van der Waals surface area contributed by atoms with Crippen molar-refractivity contribution >= 4 is 11.6 Å². The second-order valence-corrected chi connectivity index (χ2v) is 5.97. The molecule has 0 radical (unpaired) electrons. The van der Waals surface area contributed by atoms with Gasteiger partial charge in [0.1, 0.15) is 5.56 Å². The number of aromatic amines is 1. The molecule has 0 saturated carbocycles. The van der Waals surface area contributed by atoms with Gasteiger partial charge in [0.05, 0.1) is 12.2 Å². The molecule has 0 atom stereocenters. The van der Waals surface area contributed by atoms with E-state index in [1.807, 2.05) is 26.0 Å². The molecule has 0 fully saturated rings. The predicted molar refractivity (Wildman–Crippen MR) is 98.5 cm³/mol. The van der Waals surface area contributed by atoms with E-state index in [2.05, 4.69) is 15.3 Å². The van der Waals surface area contributed by atoms with E-state index in [1.165, 1.54) is 0 Å². The molecule has 0 aliphatic heterocycles. The minimum Gasteiger partial charge on any atom is -0.322 e. The molecule has 3 aromatic rings. The van der Waals surface area contributed by atoms with Crippen LogP contribution >= 0.6 is 0 Å². The lowest BCUT2D eigenvalue weighted by Crippen LogP contribution is -2.39. The number of carbonyl (C=O) groups is 1. The molecule has 0 unspecified atom stereocenters. The van der Waals surface area contributed by atoms with Gasteiger partial charge in [-0.1, -0.05) is 12.1 Å². The molecule has 132 valence electrons. The van der Waals surface area contributed by atoms with Crippen LogP contribution in [0.5, 0.6) is 0 Å². The number of anilines is 1. The van der Waals surface area contributed by atoms with E-state index >= 15 is 0 Å². The Kier molecular flexibility index (Phi) is 4.79. The Hall–Kier alpha value is -3.48.